The van der Waals surface area contributed by atoms with Crippen LogP contribution in [0.5, 0.6) is 0 Å². The van der Waals surface area contributed by atoms with Crippen LogP contribution in [0.15, 0.2) is 35.6 Å². The lowest BCUT2D eigenvalue weighted by Crippen LogP contribution is -2.41. The molecule has 4 rings (SSSR count). The highest BCUT2D eigenvalue weighted by molar-refractivity contribution is 8.14. The summed E-state index contributed by atoms with van der Waals surface area (Å²) in [6.45, 7) is 2.59. The number of carbonyl (C=O) groups is 1. The van der Waals surface area contributed by atoms with E-state index >= 15 is 0 Å². The average molecular weight is 437 g/mol. The lowest BCUT2D eigenvalue weighted by Gasteiger charge is -2.37. The minimum atomic E-state index is -2.78. The van der Waals surface area contributed by atoms with E-state index in [0.717, 1.165) is 12.4 Å². The molecule has 0 radical (unpaired) electrons. The summed E-state index contributed by atoms with van der Waals surface area (Å²) in [5, 5.41) is 2.96. The highest BCUT2D eigenvalue weighted by Crippen LogP contribution is 2.52. The lowest BCUT2D eigenvalue weighted by atomic mass is 9.84. The number of hydrogen-bond donors (Lipinski definition) is 2. The fourth-order valence-corrected chi connectivity index (χ4v) is 5.01. The van der Waals surface area contributed by atoms with Crippen molar-refractivity contribution >= 4 is 28.5 Å². The predicted molar refractivity (Wildman–Crippen MR) is 106 cm³/mol. The Hall–Kier alpha value is -2.66. The third-order valence-corrected chi connectivity index (χ3v) is 6.61. The Kier molecular flexibility index (Phi) is 5.41. The van der Waals surface area contributed by atoms with Gasteiger partial charge in [0.2, 0.25) is 0 Å². The summed E-state index contributed by atoms with van der Waals surface area (Å²) in [5.74, 6) is -1.18. The molecule has 1 saturated heterocycles. The predicted octanol–water partition coefficient (Wildman–Crippen LogP) is 3.10. The lowest BCUT2D eigenvalue weighted by molar-refractivity contribution is 0.102. The van der Waals surface area contributed by atoms with Crippen molar-refractivity contribution in [2.75, 3.05) is 18.5 Å². The maximum atomic E-state index is 14.9. The molecule has 3 atom stereocenters. The van der Waals surface area contributed by atoms with Gasteiger partial charge in [-0.05, 0) is 25.1 Å². The molecule has 1 amide bonds. The van der Waals surface area contributed by atoms with Crippen LogP contribution < -0.4 is 11.1 Å². The van der Waals surface area contributed by atoms with Crippen molar-refractivity contribution in [3.05, 3.63) is 53.4 Å². The molecule has 0 spiro atoms. The van der Waals surface area contributed by atoms with E-state index < -0.39 is 28.6 Å². The number of carbonyl (C=O) groups excluding carboxylic acids is 1. The molecule has 0 aliphatic carbocycles. The number of aliphatic imine (C=N–C) groups is 1. The van der Waals surface area contributed by atoms with Crippen LogP contribution in [0, 0.1) is 11.7 Å². The van der Waals surface area contributed by atoms with Crippen molar-refractivity contribution < 1.29 is 22.7 Å². The summed E-state index contributed by atoms with van der Waals surface area (Å²) in [5.41, 5.74) is 5.96. The van der Waals surface area contributed by atoms with E-state index in [2.05, 4.69) is 20.3 Å². The number of aromatic nitrogens is 2. The average Bonchev–Trinajstić information content (AvgIpc) is 3.06. The topological polar surface area (TPSA) is 102 Å². The molecule has 158 valence electrons. The van der Waals surface area contributed by atoms with Crippen LogP contribution in [0.1, 0.15) is 35.1 Å². The highest BCUT2D eigenvalue weighted by Gasteiger charge is 2.53. The summed E-state index contributed by atoms with van der Waals surface area (Å²) in [6.07, 6.45) is -1.09. The number of hydrogen-bond acceptors (Lipinski definition) is 7. The highest BCUT2D eigenvalue weighted by atomic mass is 32.2. The molecular weight excluding hydrogens is 419 g/mol. The Bertz CT molecular complexity index is 1000. The van der Waals surface area contributed by atoms with Crippen LogP contribution in [-0.2, 0) is 9.48 Å². The van der Waals surface area contributed by atoms with E-state index in [-0.39, 0.29) is 24.3 Å². The van der Waals surface area contributed by atoms with Crippen molar-refractivity contribution in [1.29, 1.82) is 0 Å². The van der Waals surface area contributed by atoms with Gasteiger partial charge in [-0.25, -0.2) is 18.2 Å². The van der Waals surface area contributed by atoms with E-state index in [0.29, 0.717) is 23.0 Å². The first-order valence-electron chi connectivity index (χ1n) is 9.12. The number of nitrogens with two attached hydrogens (primary N) is 1. The van der Waals surface area contributed by atoms with E-state index in [1.54, 1.807) is 0 Å². The summed E-state index contributed by atoms with van der Waals surface area (Å²) in [4.78, 5) is 23.9. The molecule has 1 aromatic carbocycles. The number of amides is 1. The summed E-state index contributed by atoms with van der Waals surface area (Å²) in [7, 11) is 0. The fourth-order valence-electron chi connectivity index (χ4n) is 3.69. The number of amidine groups is 1. The molecule has 3 heterocycles. The summed E-state index contributed by atoms with van der Waals surface area (Å²) in [6, 6.07) is 4.20. The van der Waals surface area contributed by atoms with Crippen LogP contribution in [0.25, 0.3) is 0 Å². The van der Waals surface area contributed by atoms with Crippen molar-refractivity contribution in [2.45, 2.75) is 24.2 Å². The van der Waals surface area contributed by atoms with Gasteiger partial charge in [-0.1, -0.05) is 11.8 Å². The minimum Gasteiger partial charge on any atom is -0.379 e. The van der Waals surface area contributed by atoms with Crippen LogP contribution in [0.2, 0.25) is 0 Å². The van der Waals surface area contributed by atoms with Gasteiger partial charge in [0.25, 0.3) is 12.3 Å². The number of benzene rings is 1. The van der Waals surface area contributed by atoms with Gasteiger partial charge in [-0.3, -0.25) is 14.8 Å². The second kappa shape index (κ2) is 7.88. The first kappa shape index (κ1) is 20.6. The molecule has 0 unspecified atom stereocenters. The molecule has 2 aromatic rings. The fraction of sp³-hybridized carbons (Fsp3) is 0.368. The Balaban J connectivity index is 1.62. The number of rotatable bonds is 4. The Labute approximate surface area is 174 Å². The first-order valence-corrected chi connectivity index (χ1v) is 9.94. The zero-order chi connectivity index (χ0) is 21.5. The molecule has 11 heteroatoms. The van der Waals surface area contributed by atoms with Gasteiger partial charge in [0.15, 0.2) is 5.17 Å². The maximum absolute atomic E-state index is 14.9. The summed E-state index contributed by atoms with van der Waals surface area (Å²) >= 11 is 1.26. The van der Waals surface area contributed by atoms with Crippen LogP contribution in [0.4, 0.5) is 18.9 Å². The zero-order valence-electron chi connectivity index (χ0n) is 15.8. The minimum absolute atomic E-state index is 0.0805. The number of nitrogens with zero attached hydrogens (tertiary/aromatic N) is 3. The second-order valence-corrected chi connectivity index (χ2v) is 8.42. The molecule has 3 N–H and O–H groups in total. The number of anilines is 1. The Morgan fingerprint density at radius 1 is 1.37 bits per heavy atom. The van der Waals surface area contributed by atoms with Crippen molar-refractivity contribution in [2.24, 2.45) is 16.6 Å². The van der Waals surface area contributed by atoms with Crippen LogP contribution in [-0.4, -0.2) is 40.3 Å². The van der Waals surface area contributed by atoms with E-state index in [1.165, 1.54) is 30.0 Å². The standard InChI is InChI=1S/C19H18F3N5O2S/c1-9-12-5-26-18(23)30-19(12,8-29-9)11-4-10(2-3-13(11)20)27-17(28)15-7-24-14(6-25-15)16(21)22/h2-4,6-7,9,12,16H,5,8H2,1H3,(H2,23,26)(H,27,28)/t9-,12+,19-/m1/s1. The molecule has 0 saturated carbocycles. The number of alkyl halides is 2. The maximum Gasteiger partial charge on any atom is 0.281 e. The second-order valence-electron chi connectivity index (χ2n) is 7.07. The number of thioether (sulfide) groups is 1. The molecule has 30 heavy (non-hydrogen) atoms. The first-order chi connectivity index (χ1) is 14.3. The molecule has 0 bridgehead atoms. The zero-order valence-corrected chi connectivity index (χ0v) is 16.6. The third kappa shape index (κ3) is 3.63. The Morgan fingerprint density at radius 3 is 2.87 bits per heavy atom. The van der Waals surface area contributed by atoms with E-state index in [1.807, 2.05) is 6.92 Å². The van der Waals surface area contributed by atoms with Crippen LogP contribution >= 0.6 is 11.8 Å². The van der Waals surface area contributed by atoms with Gasteiger partial charge >= 0.3 is 0 Å². The molecular formula is C19H18F3N5O2S. The van der Waals surface area contributed by atoms with Gasteiger partial charge in [-0.15, -0.1) is 0 Å². The number of fused-ring (bicyclic) bond motifs is 1. The number of halogens is 3. The van der Waals surface area contributed by atoms with Gasteiger partial charge < -0.3 is 15.8 Å². The number of ether oxygens (including phenoxy) is 1. The van der Waals surface area contributed by atoms with Crippen molar-refractivity contribution in [3.8, 4) is 0 Å². The molecule has 1 fully saturated rings. The molecule has 7 nitrogen and oxygen atoms in total. The Morgan fingerprint density at radius 2 is 2.17 bits per heavy atom. The molecule has 1 aromatic heterocycles. The SMILES string of the molecule is C[C@H]1OC[C@]2(c3cc(NC(=O)c4cnc(C(F)F)cn4)ccc3F)SC(N)=NC[C@@H]12. The van der Waals surface area contributed by atoms with Gasteiger partial charge in [0.1, 0.15) is 17.2 Å². The normalized spacial score (nSPS) is 25.7. The number of nitrogens with one attached hydrogen (secondary N) is 1. The smallest absolute Gasteiger partial charge is 0.281 e. The van der Waals surface area contributed by atoms with Crippen LogP contribution in [0.3, 0.4) is 0 Å². The van der Waals surface area contributed by atoms with Gasteiger partial charge in [0.05, 0.1) is 29.9 Å². The quantitative estimate of drug-likeness (QED) is 0.762. The molecule has 2 aliphatic rings. The van der Waals surface area contributed by atoms with E-state index in [4.69, 9.17) is 10.5 Å². The monoisotopic (exact) mass is 437 g/mol. The van der Waals surface area contributed by atoms with Gasteiger partial charge in [0, 0.05) is 23.7 Å². The van der Waals surface area contributed by atoms with Gasteiger partial charge in [-0.2, -0.15) is 0 Å². The third-order valence-electron chi connectivity index (χ3n) is 5.26. The van der Waals surface area contributed by atoms with E-state index in [9.17, 15) is 18.0 Å². The summed E-state index contributed by atoms with van der Waals surface area (Å²) < 4.78 is 45.1. The molecule has 2 aliphatic heterocycles. The largest absolute Gasteiger partial charge is 0.379 e. The van der Waals surface area contributed by atoms with Crippen molar-refractivity contribution in [1.82, 2.24) is 9.97 Å². The van der Waals surface area contributed by atoms with Crippen molar-refractivity contribution in [3.63, 3.8) is 0 Å².